The number of aryl methyl sites for hydroxylation is 3. The number of nitrogens with zero attached hydrogens (tertiary/aromatic N) is 4. The van der Waals surface area contributed by atoms with Crippen LogP contribution in [-0.2, 0) is 11.3 Å². The molecule has 146 valence electrons. The van der Waals surface area contributed by atoms with E-state index in [1.165, 1.54) is 0 Å². The molecule has 2 saturated heterocycles. The van der Waals surface area contributed by atoms with Gasteiger partial charge >= 0.3 is 0 Å². The molecule has 2 aromatic rings. The maximum atomic E-state index is 12.9. The van der Waals surface area contributed by atoms with Crippen molar-refractivity contribution in [2.24, 2.45) is 0 Å². The predicted molar refractivity (Wildman–Crippen MR) is 102 cm³/mol. The van der Waals surface area contributed by atoms with E-state index in [9.17, 15) is 4.79 Å². The number of carbonyl (C=O) groups is 1. The monoisotopic (exact) mass is 390 g/mol. The molecule has 0 N–H and O–H groups in total. The van der Waals surface area contributed by atoms with E-state index in [1.54, 1.807) is 18.3 Å². The lowest BCUT2D eigenvalue weighted by Crippen LogP contribution is -2.61. The van der Waals surface area contributed by atoms with Gasteiger partial charge < -0.3 is 14.2 Å². The van der Waals surface area contributed by atoms with Crippen molar-refractivity contribution < 1.29 is 14.1 Å². The third kappa shape index (κ3) is 3.53. The summed E-state index contributed by atoms with van der Waals surface area (Å²) in [5, 5.41) is 7.17. The highest BCUT2D eigenvalue weighted by Gasteiger charge is 2.43. The van der Waals surface area contributed by atoms with Crippen molar-refractivity contribution in [2.75, 3.05) is 32.8 Å². The van der Waals surface area contributed by atoms with Gasteiger partial charge in [-0.05, 0) is 33.6 Å². The highest BCUT2D eigenvalue weighted by Crippen LogP contribution is 2.34. The van der Waals surface area contributed by atoms with Crippen molar-refractivity contribution in [3.63, 3.8) is 0 Å². The van der Waals surface area contributed by atoms with Crippen molar-refractivity contribution >= 4 is 17.2 Å². The number of likely N-dealkylation sites (tertiary alicyclic amines) is 1. The number of piperidine rings is 1. The van der Waals surface area contributed by atoms with Crippen molar-refractivity contribution in [1.29, 1.82) is 0 Å². The third-order valence-corrected chi connectivity index (χ3v) is 6.62. The Bertz CT molecular complexity index is 803. The van der Waals surface area contributed by atoms with Gasteiger partial charge in [0.15, 0.2) is 0 Å². The smallest absolute Gasteiger partial charge is 0.259 e. The number of hydrogen-bond acceptors (Lipinski definition) is 7. The molecule has 1 spiro atoms. The summed E-state index contributed by atoms with van der Waals surface area (Å²) >= 11 is 1.70. The minimum atomic E-state index is -0.00864. The maximum Gasteiger partial charge on any atom is 0.259 e. The standard InChI is InChI=1S/C19H26N4O3S/c1-13-17(14(2)26-21-13)18(24)22-6-4-19(5-7-22)12-25-9-8-23(19)10-16-11-27-15(3)20-16/h11H,4-10,12H2,1-3H3. The van der Waals surface area contributed by atoms with Crippen LogP contribution in [0.25, 0.3) is 0 Å². The third-order valence-electron chi connectivity index (χ3n) is 5.80. The lowest BCUT2D eigenvalue weighted by atomic mass is 9.85. The molecule has 4 heterocycles. The normalized spacial score (nSPS) is 20.3. The molecule has 2 aliphatic rings. The van der Waals surface area contributed by atoms with Gasteiger partial charge in [-0.15, -0.1) is 11.3 Å². The second kappa shape index (κ2) is 7.33. The molecule has 0 atom stereocenters. The topological polar surface area (TPSA) is 71.7 Å². The molecule has 7 nitrogen and oxygen atoms in total. The lowest BCUT2D eigenvalue weighted by molar-refractivity contribution is -0.0961. The molecule has 2 fully saturated rings. The van der Waals surface area contributed by atoms with Crippen LogP contribution < -0.4 is 0 Å². The van der Waals surface area contributed by atoms with Gasteiger partial charge in [0, 0.05) is 37.1 Å². The lowest BCUT2D eigenvalue weighted by Gasteiger charge is -2.51. The zero-order chi connectivity index (χ0) is 19.0. The van der Waals surface area contributed by atoms with Crippen LogP contribution in [0.15, 0.2) is 9.90 Å². The first-order valence-corrected chi connectivity index (χ1v) is 10.3. The number of morpholine rings is 1. The van der Waals surface area contributed by atoms with Crippen molar-refractivity contribution in [3.05, 3.63) is 33.1 Å². The Hall–Kier alpha value is -1.77. The maximum absolute atomic E-state index is 12.9. The summed E-state index contributed by atoms with van der Waals surface area (Å²) in [6, 6.07) is 0. The van der Waals surface area contributed by atoms with Gasteiger partial charge in [-0.25, -0.2) is 4.98 Å². The van der Waals surface area contributed by atoms with Gasteiger partial charge in [0.2, 0.25) is 0 Å². The Labute approximate surface area is 163 Å². The van der Waals surface area contributed by atoms with E-state index in [0.29, 0.717) is 17.0 Å². The average Bonchev–Trinajstić information content (AvgIpc) is 3.22. The van der Waals surface area contributed by atoms with Gasteiger partial charge in [0.25, 0.3) is 5.91 Å². The predicted octanol–water partition coefficient (Wildman–Crippen LogP) is 2.56. The summed E-state index contributed by atoms with van der Waals surface area (Å²) in [6.07, 6.45) is 1.82. The van der Waals surface area contributed by atoms with Crippen molar-refractivity contribution in [2.45, 2.75) is 45.7 Å². The van der Waals surface area contributed by atoms with Crippen LogP contribution in [0.1, 0.15) is 45.4 Å². The largest absolute Gasteiger partial charge is 0.378 e. The minimum absolute atomic E-state index is 0.00864. The highest BCUT2D eigenvalue weighted by atomic mass is 32.1. The highest BCUT2D eigenvalue weighted by molar-refractivity contribution is 7.09. The summed E-state index contributed by atoms with van der Waals surface area (Å²) in [7, 11) is 0. The molecule has 1 amide bonds. The number of thiazole rings is 1. The molecule has 0 unspecified atom stereocenters. The Balaban J connectivity index is 1.46. The first kappa shape index (κ1) is 18.6. The SMILES string of the molecule is Cc1nc(CN2CCOCC23CCN(C(=O)c2c(C)noc2C)CC3)cs1. The number of aromatic nitrogens is 2. The molecule has 2 aromatic heterocycles. The van der Waals surface area contributed by atoms with Crippen molar-refractivity contribution in [1.82, 2.24) is 19.9 Å². The molecule has 0 bridgehead atoms. The fourth-order valence-electron chi connectivity index (χ4n) is 4.22. The zero-order valence-electron chi connectivity index (χ0n) is 16.2. The molecule has 2 aliphatic heterocycles. The number of carbonyl (C=O) groups excluding carboxylic acids is 1. The van der Waals surface area contributed by atoms with Crippen LogP contribution in [0.5, 0.6) is 0 Å². The van der Waals surface area contributed by atoms with Crippen LogP contribution >= 0.6 is 11.3 Å². The van der Waals surface area contributed by atoms with E-state index >= 15 is 0 Å². The van der Waals surface area contributed by atoms with Crippen molar-refractivity contribution in [3.8, 4) is 0 Å². The fourth-order valence-corrected chi connectivity index (χ4v) is 4.83. The van der Waals surface area contributed by atoms with E-state index < -0.39 is 0 Å². The van der Waals surface area contributed by atoms with E-state index in [4.69, 9.17) is 9.26 Å². The summed E-state index contributed by atoms with van der Waals surface area (Å²) in [6.45, 7) is 10.3. The number of hydrogen-bond donors (Lipinski definition) is 0. The zero-order valence-corrected chi connectivity index (χ0v) is 17.0. The van der Waals surface area contributed by atoms with Crippen LogP contribution in [0.2, 0.25) is 0 Å². The van der Waals surface area contributed by atoms with Gasteiger partial charge in [-0.2, -0.15) is 0 Å². The molecule has 0 aliphatic carbocycles. The first-order valence-electron chi connectivity index (χ1n) is 9.44. The van der Waals surface area contributed by atoms with Crippen LogP contribution in [0.4, 0.5) is 0 Å². The van der Waals surface area contributed by atoms with Crippen LogP contribution in [0, 0.1) is 20.8 Å². The fraction of sp³-hybridized carbons (Fsp3) is 0.632. The second-order valence-electron chi connectivity index (χ2n) is 7.55. The molecular formula is C19H26N4O3S. The minimum Gasteiger partial charge on any atom is -0.378 e. The summed E-state index contributed by atoms with van der Waals surface area (Å²) < 4.78 is 11.0. The van der Waals surface area contributed by atoms with Crippen LogP contribution in [-0.4, -0.2) is 64.2 Å². The summed E-state index contributed by atoms with van der Waals surface area (Å²) in [5.74, 6) is 0.624. The van der Waals surface area contributed by atoms with E-state index in [0.717, 1.165) is 62.9 Å². The van der Waals surface area contributed by atoms with E-state index in [1.807, 2.05) is 18.7 Å². The van der Waals surface area contributed by atoms with Gasteiger partial charge in [-0.3, -0.25) is 9.69 Å². The molecule has 8 heteroatoms. The molecule has 0 radical (unpaired) electrons. The second-order valence-corrected chi connectivity index (χ2v) is 8.61. The Morgan fingerprint density at radius 3 is 2.67 bits per heavy atom. The number of amides is 1. The number of rotatable bonds is 3. The van der Waals surface area contributed by atoms with Gasteiger partial charge in [0.05, 0.1) is 29.6 Å². The summed E-state index contributed by atoms with van der Waals surface area (Å²) in [4.78, 5) is 22.0. The van der Waals surface area contributed by atoms with Crippen LogP contribution in [0.3, 0.4) is 0 Å². The molecule has 4 rings (SSSR count). The van der Waals surface area contributed by atoms with Gasteiger partial charge in [-0.1, -0.05) is 5.16 Å². The molecule has 0 aromatic carbocycles. The Kier molecular flexibility index (Phi) is 5.05. The quantitative estimate of drug-likeness (QED) is 0.802. The van der Waals surface area contributed by atoms with Gasteiger partial charge in [0.1, 0.15) is 11.3 Å². The summed E-state index contributed by atoms with van der Waals surface area (Å²) in [5.41, 5.74) is 2.40. The van der Waals surface area contributed by atoms with E-state index in [-0.39, 0.29) is 11.4 Å². The molecule has 0 saturated carbocycles. The molecular weight excluding hydrogens is 364 g/mol. The Morgan fingerprint density at radius 1 is 1.26 bits per heavy atom. The first-order chi connectivity index (χ1) is 13.0. The van der Waals surface area contributed by atoms with E-state index in [2.05, 4.69) is 20.4 Å². The number of ether oxygens (including phenoxy) is 1. The molecule has 27 heavy (non-hydrogen) atoms. The Morgan fingerprint density at radius 2 is 2.04 bits per heavy atom. The average molecular weight is 391 g/mol.